The van der Waals surface area contributed by atoms with Crippen LogP contribution in [0.3, 0.4) is 0 Å². The van der Waals surface area contributed by atoms with E-state index in [1.165, 1.54) is 0 Å². The molecule has 0 amide bonds. The van der Waals surface area contributed by atoms with Crippen LogP contribution in [0, 0.1) is 6.92 Å². The number of fused-ring (bicyclic) bond motifs is 6. The second-order valence-electron chi connectivity index (χ2n) is 7.87. The molecule has 1 spiro atoms. The minimum atomic E-state index is -1.04. The predicted octanol–water partition coefficient (Wildman–Crippen LogP) is 6.31. The molecule has 1 N–H and O–H groups in total. The topological polar surface area (TPSA) is 47.6 Å². The molecule has 0 saturated heterocycles. The molecule has 0 radical (unpaired) electrons. The summed E-state index contributed by atoms with van der Waals surface area (Å²) in [5.41, 5.74) is 4.99. The number of para-hydroxylation sites is 2. The van der Waals surface area contributed by atoms with E-state index in [0.717, 1.165) is 33.6 Å². The van der Waals surface area contributed by atoms with Crippen LogP contribution in [-0.2, 0) is 10.3 Å². The van der Waals surface area contributed by atoms with Crippen molar-refractivity contribution in [3.63, 3.8) is 0 Å². The number of carbonyl (C=O) groups is 1. The fourth-order valence-corrected chi connectivity index (χ4v) is 4.58. The number of rotatable bonds is 2. The average Bonchev–Trinajstić information content (AvgIpc) is 3.09. The van der Waals surface area contributed by atoms with E-state index >= 15 is 0 Å². The van der Waals surface area contributed by atoms with Gasteiger partial charge in [-0.1, -0.05) is 54.6 Å². The van der Waals surface area contributed by atoms with Crippen molar-refractivity contribution in [3.05, 3.63) is 119 Å². The fourth-order valence-electron chi connectivity index (χ4n) is 4.58. The predicted molar refractivity (Wildman–Crippen MR) is 119 cm³/mol. The molecular formula is C27H19NO3. The Labute approximate surface area is 180 Å². The van der Waals surface area contributed by atoms with Crippen LogP contribution >= 0.6 is 0 Å². The zero-order valence-corrected chi connectivity index (χ0v) is 16.9. The molecule has 4 aromatic rings. The Balaban J connectivity index is 1.62. The number of ether oxygens (including phenoxy) is 2. The number of anilines is 2. The second-order valence-corrected chi connectivity index (χ2v) is 7.87. The monoisotopic (exact) mass is 405 g/mol. The van der Waals surface area contributed by atoms with Crippen LogP contribution in [0.25, 0.3) is 0 Å². The average molecular weight is 405 g/mol. The molecule has 1 unspecified atom stereocenters. The van der Waals surface area contributed by atoms with E-state index in [4.69, 9.17) is 9.47 Å². The van der Waals surface area contributed by atoms with Gasteiger partial charge >= 0.3 is 5.97 Å². The molecule has 0 bridgehead atoms. The summed E-state index contributed by atoms with van der Waals surface area (Å²) in [6, 6.07) is 29.4. The molecule has 150 valence electrons. The molecule has 0 fully saturated rings. The van der Waals surface area contributed by atoms with Gasteiger partial charge in [-0.05, 0) is 48.9 Å². The van der Waals surface area contributed by atoms with E-state index in [1.807, 2.05) is 97.9 Å². The lowest BCUT2D eigenvalue weighted by Crippen LogP contribution is -2.33. The van der Waals surface area contributed by atoms with Crippen LogP contribution in [0.1, 0.15) is 32.6 Å². The summed E-state index contributed by atoms with van der Waals surface area (Å²) in [4.78, 5) is 12.9. The van der Waals surface area contributed by atoms with Gasteiger partial charge in [0, 0.05) is 28.1 Å². The highest BCUT2D eigenvalue weighted by Crippen LogP contribution is 2.56. The number of aryl methyl sites for hydroxylation is 1. The van der Waals surface area contributed by atoms with E-state index in [2.05, 4.69) is 5.32 Å². The third kappa shape index (κ3) is 2.51. The molecular weight excluding hydrogens is 386 g/mol. The van der Waals surface area contributed by atoms with Gasteiger partial charge in [-0.15, -0.1) is 0 Å². The summed E-state index contributed by atoms with van der Waals surface area (Å²) >= 11 is 0. The SMILES string of the molecule is Cc1cc2c(cc1Nc1ccccc1)C1(OC(=O)c3ccccc31)c1ccccc1O2. The Morgan fingerprint density at radius 1 is 0.742 bits per heavy atom. The number of carbonyl (C=O) groups excluding carboxylic acids is 1. The van der Waals surface area contributed by atoms with Gasteiger partial charge in [0.25, 0.3) is 0 Å². The van der Waals surface area contributed by atoms with Gasteiger partial charge in [0.1, 0.15) is 11.5 Å². The quantitative estimate of drug-likeness (QED) is 0.397. The summed E-state index contributed by atoms with van der Waals surface area (Å²) < 4.78 is 12.5. The minimum Gasteiger partial charge on any atom is -0.456 e. The molecule has 0 aliphatic carbocycles. The van der Waals surface area contributed by atoms with Crippen molar-refractivity contribution >= 4 is 17.3 Å². The molecule has 0 aromatic heterocycles. The Morgan fingerprint density at radius 2 is 1.45 bits per heavy atom. The number of esters is 1. The minimum absolute atomic E-state index is 0.323. The molecule has 31 heavy (non-hydrogen) atoms. The van der Waals surface area contributed by atoms with E-state index < -0.39 is 5.60 Å². The van der Waals surface area contributed by atoms with Crippen molar-refractivity contribution in [2.45, 2.75) is 12.5 Å². The Hall–Kier alpha value is -4.05. The van der Waals surface area contributed by atoms with Crippen LogP contribution in [-0.4, -0.2) is 5.97 Å². The van der Waals surface area contributed by atoms with Gasteiger partial charge in [-0.3, -0.25) is 0 Å². The molecule has 2 aliphatic heterocycles. The van der Waals surface area contributed by atoms with Crippen LogP contribution in [0.4, 0.5) is 11.4 Å². The van der Waals surface area contributed by atoms with Gasteiger partial charge in [-0.25, -0.2) is 4.79 Å². The van der Waals surface area contributed by atoms with E-state index in [1.54, 1.807) is 0 Å². The Bertz CT molecular complexity index is 1350. The van der Waals surface area contributed by atoms with Gasteiger partial charge < -0.3 is 14.8 Å². The zero-order valence-electron chi connectivity index (χ0n) is 16.9. The van der Waals surface area contributed by atoms with Crippen molar-refractivity contribution in [1.29, 1.82) is 0 Å². The summed E-state index contributed by atoms with van der Waals surface area (Å²) in [6.07, 6.45) is 0. The Kier molecular flexibility index (Phi) is 3.71. The molecule has 2 aliphatic rings. The second kappa shape index (κ2) is 6.47. The largest absolute Gasteiger partial charge is 0.456 e. The molecule has 4 aromatic carbocycles. The fraction of sp³-hybridized carbons (Fsp3) is 0.0741. The van der Waals surface area contributed by atoms with Gasteiger partial charge in [-0.2, -0.15) is 0 Å². The number of hydrogen-bond donors (Lipinski definition) is 1. The first-order valence-electron chi connectivity index (χ1n) is 10.2. The van der Waals surface area contributed by atoms with Crippen LogP contribution in [0.15, 0.2) is 91.0 Å². The van der Waals surface area contributed by atoms with Crippen molar-refractivity contribution in [1.82, 2.24) is 0 Å². The van der Waals surface area contributed by atoms with Gasteiger partial charge in [0.15, 0.2) is 5.60 Å². The molecule has 4 heteroatoms. The smallest absolute Gasteiger partial charge is 0.340 e. The van der Waals surface area contributed by atoms with E-state index in [-0.39, 0.29) is 5.97 Å². The summed E-state index contributed by atoms with van der Waals surface area (Å²) in [7, 11) is 0. The summed E-state index contributed by atoms with van der Waals surface area (Å²) in [6.45, 7) is 2.04. The lowest BCUT2D eigenvalue weighted by Gasteiger charge is -2.37. The molecule has 2 heterocycles. The van der Waals surface area contributed by atoms with Crippen molar-refractivity contribution in [2.24, 2.45) is 0 Å². The van der Waals surface area contributed by atoms with E-state index in [9.17, 15) is 4.79 Å². The highest BCUT2D eigenvalue weighted by Gasteiger charge is 2.53. The normalized spacial score (nSPS) is 17.9. The maximum atomic E-state index is 12.9. The van der Waals surface area contributed by atoms with Crippen molar-refractivity contribution < 1.29 is 14.3 Å². The zero-order chi connectivity index (χ0) is 21.0. The molecule has 4 nitrogen and oxygen atoms in total. The van der Waals surface area contributed by atoms with Crippen molar-refractivity contribution in [2.75, 3.05) is 5.32 Å². The first-order chi connectivity index (χ1) is 15.2. The van der Waals surface area contributed by atoms with Crippen LogP contribution < -0.4 is 10.1 Å². The Morgan fingerprint density at radius 3 is 2.29 bits per heavy atom. The summed E-state index contributed by atoms with van der Waals surface area (Å²) in [5.74, 6) is 1.07. The molecule has 1 atom stereocenters. The molecule has 0 saturated carbocycles. The van der Waals surface area contributed by atoms with Crippen LogP contribution in [0.5, 0.6) is 11.5 Å². The number of benzene rings is 4. The first kappa shape index (κ1) is 17.8. The number of hydrogen-bond acceptors (Lipinski definition) is 4. The van der Waals surface area contributed by atoms with Gasteiger partial charge in [0.05, 0.1) is 5.56 Å². The summed E-state index contributed by atoms with van der Waals surface area (Å²) in [5, 5.41) is 3.49. The molecule has 6 rings (SSSR count). The maximum Gasteiger partial charge on any atom is 0.340 e. The highest BCUT2D eigenvalue weighted by atomic mass is 16.6. The lowest BCUT2D eigenvalue weighted by atomic mass is 9.77. The lowest BCUT2D eigenvalue weighted by molar-refractivity contribution is 0.0224. The number of nitrogens with one attached hydrogen (secondary N) is 1. The first-order valence-corrected chi connectivity index (χ1v) is 10.2. The third-order valence-corrected chi connectivity index (χ3v) is 6.02. The maximum absolute atomic E-state index is 12.9. The van der Waals surface area contributed by atoms with E-state index in [0.29, 0.717) is 17.1 Å². The van der Waals surface area contributed by atoms with Crippen LogP contribution in [0.2, 0.25) is 0 Å². The van der Waals surface area contributed by atoms with Crippen molar-refractivity contribution in [3.8, 4) is 11.5 Å². The standard InChI is InChI=1S/C27H19NO3/c1-17-15-25-22(16-23(17)28-18-9-3-2-4-10-18)27(21-13-7-8-14-24(21)30-25)20-12-6-5-11-19(20)26(29)31-27/h2-16,28H,1H3. The highest BCUT2D eigenvalue weighted by molar-refractivity contribution is 5.97. The van der Waals surface area contributed by atoms with Gasteiger partial charge in [0.2, 0.25) is 0 Å². The third-order valence-electron chi connectivity index (χ3n) is 6.02.